The number of hydrogen-bond donors (Lipinski definition) is 1. The molecule has 0 atom stereocenters. The van der Waals surface area contributed by atoms with Crippen LogP contribution in [0.5, 0.6) is 0 Å². The van der Waals surface area contributed by atoms with Gasteiger partial charge in [0.25, 0.3) is 5.89 Å². The normalized spacial score (nSPS) is 11.1. The SMILES string of the molecule is c1ccc(CCc2noc(-c3c[nH]c4ccccc34)n2)cc1. The van der Waals surface area contributed by atoms with Gasteiger partial charge in [0.1, 0.15) is 0 Å². The van der Waals surface area contributed by atoms with Gasteiger partial charge in [-0.15, -0.1) is 0 Å². The summed E-state index contributed by atoms with van der Waals surface area (Å²) in [5.41, 5.74) is 3.30. The lowest BCUT2D eigenvalue weighted by atomic mass is 10.1. The Morgan fingerprint density at radius 2 is 1.73 bits per heavy atom. The number of rotatable bonds is 4. The smallest absolute Gasteiger partial charge is 0.260 e. The molecule has 1 N–H and O–H groups in total. The van der Waals surface area contributed by atoms with E-state index in [-0.39, 0.29) is 0 Å². The first-order valence-corrected chi connectivity index (χ1v) is 7.33. The third-order valence-electron chi connectivity index (χ3n) is 3.77. The van der Waals surface area contributed by atoms with Gasteiger partial charge >= 0.3 is 0 Å². The van der Waals surface area contributed by atoms with Crippen molar-refractivity contribution in [1.82, 2.24) is 15.1 Å². The van der Waals surface area contributed by atoms with Gasteiger partial charge < -0.3 is 9.51 Å². The zero-order valence-electron chi connectivity index (χ0n) is 12.0. The first-order valence-electron chi connectivity index (χ1n) is 7.33. The maximum atomic E-state index is 5.42. The molecule has 2 heterocycles. The van der Waals surface area contributed by atoms with E-state index in [9.17, 15) is 0 Å². The van der Waals surface area contributed by atoms with Gasteiger partial charge in [-0.25, -0.2) is 0 Å². The van der Waals surface area contributed by atoms with Gasteiger partial charge in [-0.2, -0.15) is 4.98 Å². The van der Waals surface area contributed by atoms with Gasteiger partial charge in [-0.05, 0) is 18.1 Å². The Hall–Kier alpha value is -2.88. The summed E-state index contributed by atoms with van der Waals surface area (Å²) in [4.78, 5) is 7.75. The fraction of sp³-hybridized carbons (Fsp3) is 0.111. The van der Waals surface area contributed by atoms with Crippen LogP contribution in [0.2, 0.25) is 0 Å². The number of aromatic amines is 1. The first-order chi connectivity index (χ1) is 10.9. The molecule has 0 unspecified atom stereocenters. The molecule has 4 heteroatoms. The number of benzene rings is 2. The van der Waals surface area contributed by atoms with Crippen molar-refractivity contribution in [2.24, 2.45) is 0 Å². The fourth-order valence-corrected chi connectivity index (χ4v) is 2.61. The largest absolute Gasteiger partial charge is 0.360 e. The van der Waals surface area contributed by atoms with E-state index < -0.39 is 0 Å². The molecule has 4 nitrogen and oxygen atoms in total. The Morgan fingerprint density at radius 1 is 0.909 bits per heavy atom. The molecule has 108 valence electrons. The Balaban J connectivity index is 1.56. The summed E-state index contributed by atoms with van der Waals surface area (Å²) in [5.74, 6) is 1.31. The Kier molecular flexibility index (Phi) is 3.20. The van der Waals surface area contributed by atoms with Crippen LogP contribution in [0.1, 0.15) is 11.4 Å². The van der Waals surface area contributed by atoms with Crippen LogP contribution in [0, 0.1) is 0 Å². The van der Waals surface area contributed by atoms with Gasteiger partial charge in [0.15, 0.2) is 5.82 Å². The molecule has 0 spiro atoms. The fourth-order valence-electron chi connectivity index (χ4n) is 2.61. The maximum Gasteiger partial charge on any atom is 0.260 e. The van der Waals surface area contributed by atoms with Crippen LogP contribution in [-0.2, 0) is 12.8 Å². The van der Waals surface area contributed by atoms with E-state index in [1.165, 1.54) is 5.56 Å². The molecule has 0 aliphatic rings. The van der Waals surface area contributed by atoms with Gasteiger partial charge in [0.2, 0.25) is 0 Å². The molecule has 2 aromatic heterocycles. The molecule has 0 saturated carbocycles. The molecular weight excluding hydrogens is 274 g/mol. The van der Waals surface area contributed by atoms with Crippen molar-refractivity contribution in [1.29, 1.82) is 0 Å². The summed E-state index contributed by atoms with van der Waals surface area (Å²) in [6.45, 7) is 0. The van der Waals surface area contributed by atoms with Gasteiger partial charge in [0, 0.05) is 23.5 Å². The third kappa shape index (κ3) is 2.39. The number of nitrogens with zero attached hydrogens (tertiary/aromatic N) is 2. The van der Waals surface area contributed by atoms with Gasteiger partial charge in [-0.3, -0.25) is 0 Å². The molecule has 4 aromatic rings. The van der Waals surface area contributed by atoms with Crippen molar-refractivity contribution in [2.75, 3.05) is 0 Å². The molecule has 0 bridgehead atoms. The highest BCUT2D eigenvalue weighted by Crippen LogP contribution is 2.27. The standard InChI is InChI=1S/C18H15N3O/c1-2-6-13(7-3-1)10-11-17-20-18(22-21-17)15-12-19-16-9-5-4-8-14(15)16/h1-9,12,19H,10-11H2. The van der Waals surface area contributed by atoms with Crippen molar-refractivity contribution in [2.45, 2.75) is 12.8 Å². The monoisotopic (exact) mass is 289 g/mol. The van der Waals surface area contributed by atoms with E-state index in [1.54, 1.807) is 0 Å². The summed E-state index contributed by atoms with van der Waals surface area (Å²) in [7, 11) is 0. The number of para-hydroxylation sites is 1. The summed E-state index contributed by atoms with van der Waals surface area (Å²) in [6.07, 6.45) is 3.60. The van der Waals surface area contributed by atoms with Crippen LogP contribution in [0.25, 0.3) is 22.4 Å². The number of aryl methyl sites for hydroxylation is 2. The number of nitrogens with one attached hydrogen (secondary N) is 1. The maximum absolute atomic E-state index is 5.42. The second-order valence-corrected chi connectivity index (χ2v) is 5.25. The average molecular weight is 289 g/mol. The summed E-state index contributed by atoms with van der Waals surface area (Å²) >= 11 is 0. The predicted molar refractivity (Wildman–Crippen MR) is 85.4 cm³/mol. The molecule has 0 amide bonds. The van der Waals surface area contributed by atoms with Crippen molar-refractivity contribution in [3.63, 3.8) is 0 Å². The van der Waals surface area contributed by atoms with Crippen molar-refractivity contribution in [3.05, 3.63) is 72.2 Å². The quantitative estimate of drug-likeness (QED) is 0.617. The van der Waals surface area contributed by atoms with E-state index in [0.717, 1.165) is 35.1 Å². The van der Waals surface area contributed by atoms with Crippen LogP contribution < -0.4 is 0 Å². The van der Waals surface area contributed by atoms with Crippen LogP contribution in [0.3, 0.4) is 0 Å². The Morgan fingerprint density at radius 3 is 2.64 bits per heavy atom. The lowest BCUT2D eigenvalue weighted by Crippen LogP contribution is -1.93. The van der Waals surface area contributed by atoms with E-state index >= 15 is 0 Å². The van der Waals surface area contributed by atoms with Crippen molar-refractivity contribution >= 4 is 10.9 Å². The van der Waals surface area contributed by atoms with Gasteiger partial charge in [-0.1, -0.05) is 53.7 Å². The van der Waals surface area contributed by atoms with Crippen molar-refractivity contribution in [3.8, 4) is 11.5 Å². The molecule has 0 fully saturated rings. The van der Waals surface area contributed by atoms with Crippen LogP contribution in [0.15, 0.2) is 65.3 Å². The predicted octanol–water partition coefficient (Wildman–Crippen LogP) is 4.00. The average Bonchev–Trinajstić information content (AvgIpc) is 3.20. The minimum absolute atomic E-state index is 0.570. The Labute approximate surface area is 127 Å². The third-order valence-corrected chi connectivity index (χ3v) is 3.77. The lowest BCUT2D eigenvalue weighted by molar-refractivity contribution is 0.422. The number of aromatic nitrogens is 3. The summed E-state index contributed by atoms with van der Waals surface area (Å²) in [5, 5.41) is 5.19. The van der Waals surface area contributed by atoms with Gasteiger partial charge in [0.05, 0.1) is 5.56 Å². The molecule has 0 radical (unpaired) electrons. The zero-order valence-corrected chi connectivity index (χ0v) is 12.0. The van der Waals surface area contributed by atoms with E-state index in [4.69, 9.17) is 4.52 Å². The first kappa shape index (κ1) is 12.8. The molecule has 0 saturated heterocycles. The molecule has 4 rings (SSSR count). The minimum Gasteiger partial charge on any atom is -0.360 e. The van der Waals surface area contributed by atoms with Crippen LogP contribution in [-0.4, -0.2) is 15.1 Å². The van der Waals surface area contributed by atoms with Crippen LogP contribution >= 0.6 is 0 Å². The van der Waals surface area contributed by atoms with E-state index in [2.05, 4.69) is 33.3 Å². The van der Waals surface area contributed by atoms with Crippen LogP contribution in [0.4, 0.5) is 0 Å². The van der Waals surface area contributed by atoms with Crippen molar-refractivity contribution < 1.29 is 4.52 Å². The lowest BCUT2D eigenvalue weighted by Gasteiger charge is -1.96. The number of fused-ring (bicyclic) bond motifs is 1. The molecule has 2 aromatic carbocycles. The topological polar surface area (TPSA) is 54.7 Å². The minimum atomic E-state index is 0.570. The Bertz CT molecular complexity index is 893. The molecule has 0 aliphatic heterocycles. The highest BCUT2D eigenvalue weighted by atomic mass is 16.5. The molecular formula is C18H15N3O. The second kappa shape index (κ2) is 5.48. The molecule has 0 aliphatic carbocycles. The number of H-pyrrole nitrogens is 1. The molecule has 22 heavy (non-hydrogen) atoms. The summed E-state index contributed by atoms with van der Waals surface area (Å²) in [6, 6.07) is 18.4. The highest BCUT2D eigenvalue weighted by Gasteiger charge is 2.13. The van der Waals surface area contributed by atoms with E-state index in [0.29, 0.717) is 5.89 Å². The highest BCUT2D eigenvalue weighted by molar-refractivity contribution is 5.93. The zero-order chi connectivity index (χ0) is 14.8. The summed E-state index contributed by atoms with van der Waals surface area (Å²) < 4.78 is 5.42. The number of hydrogen-bond acceptors (Lipinski definition) is 3. The second-order valence-electron chi connectivity index (χ2n) is 5.25. The van der Waals surface area contributed by atoms with E-state index in [1.807, 2.05) is 42.6 Å².